The zero-order valence-corrected chi connectivity index (χ0v) is 17.7. The quantitative estimate of drug-likeness (QED) is 0.726. The number of hydrogen-bond acceptors (Lipinski definition) is 2. The van der Waals surface area contributed by atoms with Gasteiger partial charge in [0.15, 0.2) is 0 Å². The van der Waals surface area contributed by atoms with Gasteiger partial charge in [-0.25, -0.2) is 0 Å². The minimum absolute atomic E-state index is 0.115. The highest BCUT2D eigenvalue weighted by molar-refractivity contribution is 5.81. The number of fused-ring (bicyclic) bond motifs is 5. The van der Waals surface area contributed by atoms with Crippen molar-refractivity contribution in [3.05, 3.63) is 11.8 Å². The van der Waals surface area contributed by atoms with Crippen molar-refractivity contribution < 1.29 is 9.59 Å². The van der Waals surface area contributed by atoms with Crippen molar-refractivity contribution in [1.82, 2.24) is 10.6 Å². The number of nitrogens with one attached hydrogen (secondary N) is 2. The Hall–Kier alpha value is -1.32. The lowest BCUT2D eigenvalue weighted by Crippen LogP contribution is -2.54. The number of allylic oxidation sites excluding steroid dienone is 2. The SMILES string of the molecule is CC(C)(C)NC(=O)[C@H]1CC[C@H]2[C@@H]3CC=C4NC(=O)CC[C@]4(C)[C@H]3CC[C@]12C. The Morgan fingerprint density at radius 1 is 1.15 bits per heavy atom. The minimum atomic E-state index is -0.168. The average molecular weight is 373 g/mol. The highest BCUT2D eigenvalue weighted by Gasteiger charge is 2.60. The van der Waals surface area contributed by atoms with Gasteiger partial charge >= 0.3 is 0 Å². The second-order valence-corrected chi connectivity index (χ2v) is 11.1. The van der Waals surface area contributed by atoms with Gasteiger partial charge in [0.05, 0.1) is 0 Å². The van der Waals surface area contributed by atoms with Gasteiger partial charge < -0.3 is 10.6 Å². The molecule has 0 unspecified atom stereocenters. The van der Waals surface area contributed by atoms with E-state index in [2.05, 4.69) is 51.3 Å². The number of rotatable bonds is 1. The first-order chi connectivity index (χ1) is 12.5. The second-order valence-electron chi connectivity index (χ2n) is 11.1. The van der Waals surface area contributed by atoms with Gasteiger partial charge in [0.2, 0.25) is 11.8 Å². The lowest BCUT2D eigenvalue weighted by Gasteiger charge is -2.57. The summed E-state index contributed by atoms with van der Waals surface area (Å²) in [5, 5.41) is 6.42. The standard InChI is InChI=1S/C23H36N2O2/c1-21(2,3)25-20(27)17-8-7-15-14-6-9-18-23(5,13-11-19(26)24-18)16(14)10-12-22(15,17)4/h9,14-17H,6-8,10-13H2,1-5H3,(H,24,26)(H,25,27)/t14-,15-,16-,17+,22-,23+/m0/s1. The summed E-state index contributed by atoms with van der Waals surface area (Å²) < 4.78 is 0. The fourth-order valence-corrected chi connectivity index (χ4v) is 7.08. The van der Waals surface area contributed by atoms with E-state index < -0.39 is 0 Å². The highest BCUT2D eigenvalue weighted by atomic mass is 16.2. The molecule has 0 aromatic heterocycles. The highest BCUT2D eigenvalue weighted by Crippen LogP contribution is 2.65. The van der Waals surface area contributed by atoms with Crippen LogP contribution in [0, 0.1) is 34.5 Å². The third-order valence-electron chi connectivity index (χ3n) is 8.43. The van der Waals surface area contributed by atoms with Gasteiger partial charge in [-0.3, -0.25) is 9.59 Å². The maximum atomic E-state index is 13.0. The summed E-state index contributed by atoms with van der Waals surface area (Å²) in [5.41, 5.74) is 1.25. The summed E-state index contributed by atoms with van der Waals surface area (Å²) >= 11 is 0. The molecule has 4 aliphatic rings. The Balaban J connectivity index is 1.59. The molecular formula is C23H36N2O2. The molecule has 0 spiro atoms. The predicted molar refractivity (Wildman–Crippen MR) is 107 cm³/mol. The normalized spacial score (nSPS) is 43.7. The molecule has 27 heavy (non-hydrogen) atoms. The van der Waals surface area contributed by atoms with E-state index >= 15 is 0 Å². The summed E-state index contributed by atoms with van der Waals surface area (Å²) in [6.07, 6.45) is 9.51. The van der Waals surface area contributed by atoms with E-state index in [4.69, 9.17) is 0 Å². The van der Waals surface area contributed by atoms with E-state index in [1.807, 2.05) is 0 Å². The van der Waals surface area contributed by atoms with Crippen LogP contribution in [0.5, 0.6) is 0 Å². The van der Waals surface area contributed by atoms with E-state index in [0.29, 0.717) is 24.2 Å². The molecule has 2 N–H and O–H groups in total. The van der Waals surface area contributed by atoms with Crippen LogP contribution < -0.4 is 10.6 Å². The maximum absolute atomic E-state index is 13.0. The van der Waals surface area contributed by atoms with Crippen LogP contribution in [0.1, 0.15) is 79.6 Å². The van der Waals surface area contributed by atoms with E-state index in [9.17, 15) is 9.59 Å². The number of amides is 2. The number of piperidine rings is 1. The molecule has 150 valence electrons. The van der Waals surface area contributed by atoms with Crippen LogP contribution in [0.15, 0.2) is 11.8 Å². The summed E-state index contributed by atoms with van der Waals surface area (Å²) in [5.74, 6) is 2.50. The van der Waals surface area contributed by atoms with Gasteiger partial charge in [-0.2, -0.15) is 0 Å². The van der Waals surface area contributed by atoms with Crippen molar-refractivity contribution in [3.63, 3.8) is 0 Å². The molecule has 4 nitrogen and oxygen atoms in total. The van der Waals surface area contributed by atoms with Crippen LogP contribution in [0.3, 0.4) is 0 Å². The predicted octanol–water partition coefficient (Wildman–Crippen LogP) is 4.16. The summed E-state index contributed by atoms with van der Waals surface area (Å²) in [6, 6.07) is 0. The van der Waals surface area contributed by atoms with Gasteiger partial charge in [0.1, 0.15) is 0 Å². The molecule has 0 radical (unpaired) electrons. The second kappa shape index (κ2) is 6.09. The van der Waals surface area contributed by atoms with Crippen molar-refractivity contribution in [2.45, 2.75) is 85.1 Å². The van der Waals surface area contributed by atoms with Crippen molar-refractivity contribution >= 4 is 11.8 Å². The van der Waals surface area contributed by atoms with Crippen LogP contribution in [0.2, 0.25) is 0 Å². The van der Waals surface area contributed by atoms with E-state index in [1.54, 1.807) is 0 Å². The number of carbonyl (C=O) groups is 2. The fraction of sp³-hybridized carbons (Fsp3) is 0.826. The van der Waals surface area contributed by atoms with Crippen LogP contribution in [-0.4, -0.2) is 17.4 Å². The molecule has 2 amide bonds. The topological polar surface area (TPSA) is 58.2 Å². The Kier molecular flexibility index (Phi) is 4.29. The molecule has 3 fully saturated rings. The molecule has 3 aliphatic carbocycles. The Morgan fingerprint density at radius 2 is 1.89 bits per heavy atom. The third kappa shape index (κ3) is 2.94. The summed E-state index contributed by atoms with van der Waals surface area (Å²) in [7, 11) is 0. The monoisotopic (exact) mass is 372 g/mol. The lowest BCUT2D eigenvalue weighted by atomic mass is 9.49. The van der Waals surface area contributed by atoms with Gasteiger partial charge in [0, 0.05) is 29.0 Å². The Bertz CT molecular complexity index is 691. The van der Waals surface area contributed by atoms with Crippen LogP contribution in [0.25, 0.3) is 0 Å². The first-order valence-corrected chi connectivity index (χ1v) is 10.9. The van der Waals surface area contributed by atoms with Crippen molar-refractivity contribution in [2.75, 3.05) is 0 Å². The van der Waals surface area contributed by atoms with E-state index in [-0.39, 0.29) is 34.1 Å². The molecule has 4 heteroatoms. The number of carbonyl (C=O) groups excluding carboxylic acids is 2. The van der Waals surface area contributed by atoms with Crippen LogP contribution in [0.4, 0.5) is 0 Å². The van der Waals surface area contributed by atoms with Gasteiger partial charge in [-0.15, -0.1) is 0 Å². The molecule has 2 saturated carbocycles. The van der Waals surface area contributed by atoms with Gasteiger partial charge in [0.25, 0.3) is 0 Å². The molecule has 0 bridgehead atoms. The Labute approximate surface area is 163 Å². The zero-order chi connectivity index (χ0) is 19.6. The molecule has 0 aromatic rings. The first-order valence-electron chi connectivity index (χ1n) is 10.9. The number of hydrogen-bond donors (Lipinski definition) is 2. The molecule has 0 aromatic carbocycles. The summed E-state index contributed by atoms with van der Waals surface area (Å²) in [4.78, 5) is 24.9. The third-order valence-corrected chi connectivity index (χ3v) is 8.43. The van der Waals surface area contributed by atoms with Crippen LogP contribution in [-0.2, 0) is 9.59 Å². The zero-order valence-electron chi connectivity index (χ0n) is 17.7. The Morgan fingerprint density at radius 3 is 2.59 bits per heavy atom. The van der Waals surface area contributed by atoms with Crippen molar-refractivity contribution in [1.29, 1.82) is 0 Å². The smallest absolute Gasteiger partial charge is 0.224 e. The molecule has 6 atom stereocenters. The molecular weight excluding hydrogens is 336 g/mol. The molecule has 4 rings (SSSR count). The lowest BCUT2D eigenvalue weighted by molar-refractivity contribution is -0.134. The summed E-state index contributed by atoms with van der Waals surface area (Å²) in [6.45, 7) is 11.0. The van der Waals surface area contributed by atoms with Crippen LogP contribution >= 0.6 is 0 Å². The van der Waals surface area contributed by atoms with Gasteiger partial charge in [-0.1, -0.05) is 19.9 Å². The van der Waals surface area contributed by atoms with Crippen molar-refractivity contribution in [3.8, 4) is 0 Å². The molecule has 1 aliphatic heterocycles. The first kappa shape index (κ1) is 19.0. The van der Waals surface area contributed by atoms with Crippen molar-refractivity contribution in [2.24, 2.45) is 34.5 Å². The fourth-order valence-electron chi connectivity index (χ4n) is 7.08. The van der Waals surface area contributed by atoms with Gasteiger partial charge in [-0.05, 0) is 82.5 Å². The largest absolute Gasteiger partial charge is 0.351 e. The van der Waals surface area contributed by atoms with E-state index in [0.717, 1.165) is 25.7 Å². The van der Waals surface area contributed by atoms with E-state index in [1.165, 1.54) is 18.5 Å². The average Bonchev–Trinajstić information content (AvgIpc) is 2.91. The molecule has 1 saturated heterocycles. The minimum Gasteiger partial charge on any atom is -0.351 e. The maximum Gasteiger partial charge on any atom is 0.224 e. The molecule has 1 heterocycles.